The van der Waals surface area contributed by atoms with Crippen LogP contribution in [0.15, 0.2) is 0 Å². The van der Waals surface area contributed by atoms with Crippen molar-refractivity contribution in [3.63, 3.8) is 0 Å². The van der Waals surface area contributed by atoms with Gasteiger partial charge in [-0.15, -0.1) is 0 Å². The molecule has 2 fully saturated rings. The quantitative estimate of drug-likeness (QED) is 0.865. The SMILES string of the molecule is Cc1n[nH]c(C)c1CN1CC(C(=O)O)C(C2CC2)C1. The Labute approximate surface area is 113 Å². The van der Waals surface area contributed by atoms with Crippen LogP contribution in [0, 0.1) is 31.6 Å². The summed E-state index contributed by atoms with van der Waals surface area (Å²) in [6.45, 7) is 6.45. The van der Waals surface area contributed by atoms with Gasteiger partial charge in [0.1, 0.15) is 0 Å². The smallest absolute Gasteiger partial charge is 0.308 e. The molecule has 5 nitrogen and oxygen atoms in total. The van der Waals surface area contributed by atoms with Gasteiger partial charge < -0.3 is 5.11 Å². The second-order valence-electron chi connectivity index (χ2n) is 6.05. The van der Waals surface area contributed by atoms with E-state index in [-0.39, 0.29) is 5.92 Å². The molecule has 1 aliphatic carbocycles. The molecule has 0 amide bonds. The highest BCUT2D eigenvalue weighted by atomic mass is 16.4. The lowest BCUT2D eigenvalue weighted by atomic mass is 9.92. The Bertz CT molecular complexity index is 473. The molecule has 0 radical (unpaired) electrons. The number of likely N-dealkylation sites (tertiary alicyclic amines) is 1. The maximum atomic E-state index is 11.4. The summed E-state index contributed by atoms with van der Waals surface area (Å²) < 4.78 is 0. The van der Waals surface area contributed by atoms with Crippen molar-refractivity contribution in [3.8, 4) is 0 Å². The molecule has 0 aromatic carbocycles. The summed E-state index contributed by atoms with van der Waals surface area (Å²) >= 11 is 0. The first-order chi connectivity index (χ1) is 9.06. The summed E-state index contributed by atoms with van der Waals surface area (Å²) in [7, 11) is 0. The van der Waals surface area contributed by atoms with Crippen LogP contribution in [0.4, 0.5) is 0 Å². The second-order valence-corrected chi connectivity index (χ2v) is 6.05. The lowest BCUT2D eigenvalue weighted by molar-refractivity contribution is -0.142. The molecule has 1 saturated heterocycles. The Kier molecular flexibility index (Phi) is 3.09. The third-order valence-electron chi connectivity index (χ3n) is 4.65. The van der Waals surface area contributed by atoms with E-state index < -0.39 is 5.97 Å². The van der Waals surface area contributed by atoms with E-state index in [1.807, 2.05) is 13.8 Å². The van der Waals surface area contributed by atoms with E-state index in [0.29, 0.717) is 18.4 Å². The number of nitrogens with one attached hydrogen (secondary N) is 1. The molecule has 2 heterocycles. The van der Waals surface area contributed by atoms with Crippen LogP contribution < -0.4 is 0 Å². The molecule has 2 N–H and O–H groups in total. The minimum absolute atomic E-state index is 0.181. The van der Waals surface area contributed by atoms with Crippen molar-refractivity contribution in [2.45, 2.75) is 33.2 Å². The third kappa shape index (κ3) is 2.39. The van der Waals surface area contributed by atoms with Gasteiger partial charge in [-0.3, -0.25) is 14.8 Å². The van der Waals surface area contributed by atoms with Crippen molar-refractivity contribution in [1.29, 1.82) is 0 Å². The van der Waals surface area contributed by atoms with Gasteiger partial charge in [0.25, 0.3) is 0 Å². The molecule has 5 heteroatoms. The monoisotopic (exact) mass is 263 g/mol. The predicted molar refractivity (Wildman–Crippen MR) is 70.7 cm³/mol. The van der Waals surface area contributed by atoms with Crippen LogP contribution in [-0.2, 0) is 11.3 Å². The number of hydrogen-bond donors (Lipinski definition) is 2. The fourth-order valence-corrected chi connectivity index (χ4v) is 3.34. The zero-order valence-electron chi connectivity index (χ0n) is 11.5. The first kappa shape index (κ1) is 12.7. The van der Waals surface area contributed by atoms with Gasteiger partial charge in [0, 0.05) is 30.9 Å². The van der Waals surface area contributed by atoms with Crippen molar-refractivity contribution in [2.75, 3.05) is 13.1 Å². The highest BCUT2D eigenvalue weighted by Crippen LogP contribution is 2.44. The average molecular weight is 263 g/mol. The molecule has 1 aliphatic heterocycles. The molecule has 1 aromatic rings. The molecule has 0 spiro atoms. The molecule has 104 valence electrons. The minimum atomic E-state index is -0.625. The van der Waals surface area contributed by atoms with Crippen molar-refractivity contribution < 1.29 is 9.90 Å². The lowest BCUT2D eigenvalue weighted by Crippen LogP contribution is -2.24. The normalized spacial score (nSPS) is 27.9. The van der Waals surface area contributed by atoms with Crippen molar-refractivity contribution >= 4 is 5.97 Å². The van der Waals surface area contributed by atoms with Gasteiger partial charge in [0.05, 0.1) is 11.6 Å². The first-order valence-electron chi connectivity index (χ1n) is 7.02. The number of H-pyrrole nitrogens is 1. The molecule has 2 atom stereocenters. The van der Waals surface area contributed by atoms with Gasteiger partial charge in [0.2, 0.25) is 0 Å². The molecular formula is C14H21N3O2. The van der Waals surface area contributed by atoms with E-state index in [9.17, 15) is 9.90 Å². The third-order valence-corrected chi connectivity index (χ3v) is 4.65. The van der Waals surface area contributed by atoms with Crippen LogP contribution >= 0.6 is 0 Å². The molecule has 3 rings (SSSR count). The number of aromatic nitrogens is 2. The van der Waals surface area contributed by atoms with Crippen molar-refractivity contribution in [2.24, 2.45) is 17.8 Å². The minimum Gasteiger partial charge on any atom is -0.481 e. The van der Waals surface area contributed by atoms with E-state index in [4.69, 9.17) is 0 Å². The van der Waals surface area contributed by atoms with E-state index in [1.54, 1.807) is 0 Å². The summed E-state index contributed by atoms with van der Waals surface area (Å²) in [6, 6.07) is 0. The number of hydrogen-bond acceptors (Lipinski definition) is 3. The zero-order chi connectivity index (χ0) is 13.6. The number of aliphatic carboxylic acids is 1. The summed E-state index contributed by atoms with van der Waals surface area (Å²) in [5.74, 6) is 0.197. The van der Waals surface area contributed by atoms with Gasteiger partial charge in [-0.2, -0.15) is 5.10 Å². The van der Waals surface area contributed by atoms with Crippen LogP contribution in [0.25, 0.3) is 0 Å². The summed E-state index contributed by atoms with van der Waals surface area (Å²) in [5, 5.41) is 16.6. The number of carbonyl (C=O) groups is 1. The number of carboxylic acids is 1. The Balaban J connectivity index is 1.71. The zero-order valence-corrected chi connectivity index (χ0v) is 11.5. The Morgan fingerprint density at radius 2 is 2.16 bits per heavy atom. The molecule has 2 unspecified atom stereocenters. The lowest BCUT2D eigenvalue weighted by Gasteiger charge is -2.15. The largest absolute Gasteiger partial charge is 0.481 e. The number of aromatic amines is 1. The fraction of sp³-hybridized carbons (Fsp3) is 0.714. The highest BCUT2D eigenvalue weighted by Gasteiger charge is 2.45. The van der Waals surface area contributed by atoms with Crippen LogP contribution in [0.1, 0.15) is 29.8 Å². The van der Waals surface area contributed by atoms with Gasteiger partial charge in [-0.05, 0) is 38.5 Å². The molecule has 2 aliphatic rings. The number of carboxylic acid groups (broad SMARTS) is 1. The van der Waals surface area contributed by atoms with Crippen LogP contribution in [0.2, 0.25) is 0 Å². The van der Waals surface area contributed by atoms with Gasteiger partial charge in [0.15, 0.2) is 0 Å². The standard InChI is InChI=1S/C14H21N3O2/c1-8-11(9(2)16-15-8)5-17-6-12(10-3-4-10)13(7-17)14(18)19/h10,12-13H,3-7H2,1-2H3,(H,15,16)(H,18,19). The second kappa shape index (κ2) is 4.63. The summed E-state index contributed by atoms with van der Waals surface area (Å²) in [4.78, 5) is 13.7. The fourth-order valence-electron chi connectivity index (χ4n) is 3.34. The Morgan fingerprint density at radius 3 is 2.68 bits per heavy atom. The number of aryl methyl sites for hydroxylation is 2. The molecule has 1 saturated carbocycles. The number of rotatable bonds is 4. The van der Waals surface area contributed by atoms with Crippen LogP contribution in [-0.4, -0.2) is 39.3 Å². The maximum absolute atomic E-state index is 11.4. The molecule has 0 bridgehead atoms. The Hall–Kier alpha value is -1.36. The first-order valence-corrected chi connectivity index (χ1v) is 7.02. The molecular weight excluding hydrogens is 242 g/mol. The van der Waals surface area contributed by atoms with Crippen molar-refractivity contribution in [3.05, 3.63) is 17.0 Å². The van der Waals surface area contributed by atoms with E-state index >= 15 is 0 Å². The summed E-state index contributed by atoms with van der Waals surface area (Å²) in [5.41, 5.74) is 3.35. The van der Waals surface area contributed by atoms with Crippen LogP contribution in [0.3, 0.4) is 0 Å². The average Bonchev–Trinajstić information content (AvgIpc) is 3.05. The van der Waals surface area contributed by atoms with Crippen LogP contribution in [0.5, 0.6) is 0 Å². The molecule has 1 aromatic heterocycles. The summed E-state index contributed by atoms with van der Waals surface area (Å²) in [6.07, 6.45) is 2.43. The molecule has 19 heavy (non-hydrogen) atoms. The van der Waals surface area contributed by atoms with Crippen molar-refractivity contribution in [1.82, 2.24) is 15.1 Å². The highest BCUT2D eigenvalue weighted by molar-refractivity contribution is 5.71. The van der Waals surface area contributed by atoms with Gasteiger partial charge >= 0.3 is 5.97 Å². The van der Waals surface area contributed by atoms with E-state index in [2.05, 4.69) is 15.1 Å². The predicted octanol–water partition coefficient (Wildman–Crippen LogP) is 1.57. The number of nitrogens with zero attached hydrogens (tertiary/aromatic N) is 2. The topological polar surface area (TPSA) is 69.2 Å². The Morgan fingerprint density at radius 1 is 1.42 bits per heavy atom. The van der Waals surface area contributed by atoms with E-state index in [0.717, 1.165) is 24.5 Å². The maximum Gasteiger partial charge on any atom is 0.308 e. The van der Waals surface area contributed by atoms with E-state index in [1.165, 1.54) is 18.4 Å². The van der Waals surface area contributed by atoms with Gasteiger partial charge in [-0.25, -0.2) is 0 Å². The van der Waals surface area contributed by atoms with Gasteiger partial charge in [-0.1, -0.05) is 0 Å².